The van der Waals surface area contributed by atoms with Crippen molar-refractivity contribution < 1.29 is 14.3 Å². The van der Waals surface area contributed by atoms with Crippen molar-refractivity contribution in [3.8, 4) is 11.5 Å². The van der Waals surface area contributed by atoms with Crippen molar-refractivity contribution in [1.29, 1.82) is 0 Å². The molecule has 2 aromatic carbocycles. The van der Waals surface area contributed by atoms with Gasteiger partial charge in [-0.1, -0.05) is 12.1 Å². The van der Waals surface area contributed by atoms with E-state index in [4.69, 9.17) is 9.47 Å². The van der Waals surface area contributed by atoms with Crippen molar-refractivity contribution in [1.82, 2.24) is 16.0 Å². The summed E-state index contributed by atoms with van der Waals surface area (Å²) < 4.78 is 10.7. The molecule has 0 aliphatic heterocycles. The van der Waals surface area contributed by atoms with E-state index in [0.717, 1.165) is 22.6 Å². The number of halogens is 1. The Morgan fingerprint density at radius 3 is 2.32 bits per heavy atom. The van der Waals surface area contributed by atoms with Gasteiger partial charge in [-0.2, -0.15) is 0 Å². The van der Waals surface area contributed by atoms with Gasteiger partial charge in [-0.05, 0) is 50.6 Å². The largest absolute Gasteiger partial charge is 0.497 e. The van der Waals surface area contributed by atoms with Gasteiger partial charge in [0.15, 0.2) is 5.96 Å². The Morgan fingerprint density at radius 1 is 1.00 bits per heavy atom. The number of ether oxygens (including phenoxy) is 2. The zero-order valence-corrected chi connectivity index (χ0v) is 21.4. The number of hydrogen-bond acceptors (Lipinski definition) is 4. The zero-order valence-electron chi connectivity index (χ0n) is 19.0. The third-order valence-corrected chi connectivity index (χ3v) is 4.30. The first-order chi connectivity index (χ1) is 14.3. The van der Waals surface area contributed by atoms with Crippen LogP contribution in [0.5, 0.6) is 11.5 Å². The lowest BCUT2D eigenvalue weighted by Crippen LogP contribution is -2.40. The summed E-state index contributed by atoms with van der Waals surface area (Å²) in [5.74, 6) is 2.05. The second-order valence-corrected chi connectivity index (χ2v) is 7.86. The van der Waals surface area contributed by atoms with Crippen molar-refractivity contribution >= 4 is 35.8 Å². The van der Waals surface area contributed by atoms with E-state index in [1.165, 1.54) is 0 Å². The molecule has 2 aromatic rings. The Morgan fingerprint density at radius 2 is 1.71 bits per heavy atom. The summed E-state index contributed by atoms with van der Waals surface area (Å²) in [5.41, 5.74) is 2.33. The number of aliphatic imine (C=N–C) groups is 1. The maximum absolute atomic E-state index is 12.4. The van der Waals surface area contributed by atoms with Crippen molar-refractivity contribution in [3.05, 3.63) is 59.2 Å². The van der Waals surface area contributed by atoms with E-state index in [1.807, 2.05) is 63.2 Å². The monoisotopic (exact) mass is 540 g/mol. The van der Waals surface area contributed by atoms with Gasteiger partial charge in [-0.15, -0.1) is 24.0 Å². The lowest BCUT2D eigenvalue weighted by atomic mass is 10.1. The van der Waals surface area contributed by atoms with Gasteiger partial charge in [0, 0.05) is 42.9 Å². The average Bonchev–Trinajstić information content (AvgIpc) is 2.72. The van der Waals surface area contributed by atoms with E-state index in [2.05, 4.69) is 20.9 Å². The molecule has 0 spiro atoms. The molecule has 2 rings (SSSR count). The van der Waals surface area contributed by atoms with Crippen LogP contribution in [0.25, 0.3) is 0 Å². The van der Waals surface area contributed by atoms with Crippen molar-refractivity contribution in [3.63, 3.8) is 0 Å². The molecule has 0 heterocycles. The molecule has 0 unspecified atom stereocenters. The maximum Gasteiger partial charge on any atom is 0.251 e. The molecule has 8 heteroatoms. The quantitative estimate of drug-likeness (QED) is 0.284. The van der Waals surface area contributed by atoms with E-state index < -0.39 is 0 Å². The molecule has 0 radical (unpaired) electrons. The minimum atomic E-state index is -0.278. The van der Waals surface area contributed by atoms with E-state index in [-0.39, 0.29) is 35.4 Å². The van der Waals surface area contributed by atoms with Crippen LogP contribution in [0, 0.1) is 0 Å². The highest BCUT2D eigenvalue weighted by Gasteiger charge is 2.15. The highest BCUT2D eigenvalue weighted by Crippen LogP contribution is 2.24. The number of carbonyl (C=O) groups excluding carboxylic acids is 1. The van der Waals surface area contributed by atoms with Crippen LogP contribution in [0.2, 0.25) is 0 Å². The Kier molecular flexibility index (Phi) is 10.6. The Hall–Kier alpha value is -2.49. The van der Waals surface area contributed by atoms with E-state index in [1.54, 1.807) is 21.3 Å². The standard InChI is InChI=1S/C23H32N4O3.HI/c1-23(2,3)27-21(28)17-9-7-8-16(12-17)14-25-22(24-4)26-15-18-10-11-19(29-5)13-20(18)30-6;/h7-13H,14-15H2,1-6H3,(H,27,28)(H2,24,25,26);1H. The fourth-order valence-electron chi connectivity index (χ4n) is 2.82. The molecule has 0 saturated heterocycles. The van der Waals surface area contributed by atoms with Crippen LogP contribution in [0.4, 0.5) is 0 Å². The second-order valence-electron chi connectivity index (χ2n) is 7.86. The molecule has 0 bridgehead atoms. The molecule has 7 nitrogen and oxygen atoms in total. The molecule has 0 atom stereocenters. The van der Waals surface area contributed by atoms with Gasteiger partial charge in [-0.3, -0.25) is 9.79 Å². The zero-order chi connectivity index (χ0) is 22.1. The highest BCUT2D eigenvalue weighted by atomic mass is 127. The molecule has 0 aliphatic carbocycles. The fourth-order valence-corrected chi connectivity index (χ4v) is 2.82. The van der Waals surface area contributed by atoms with Gasteiger partial charge in [0.2, 0.25) is 0 Å². The van der Waals surface area contributed by atoms with Crippen LogP contribution in [-0.2, 0) is 13.1 Å². The summed E-state index contributed by atoms with van der Waals surface area (Å²) >= 11 is 0. The number of benzene rings is 2. The Balaban J connectivity index is 0.00000480. The summed E-state index contributed by atoms with van der Waals surface area (Å²) in [7, 11) is 4.97. The van der Waals surface area contributed by atoms with E-state index in [9.17, 15) is 4.79 Å². The third kappa shape index (κ3) is 8.64. The van der Waals surface area contributed by atoms with Crippen LogP contribution in [0.1, 0.15) is 42.3 Å². The molecule has 170 valence electrons. The number of rotatable bonds is 7. The summed E-state index contributed by atoms with van der Waals surface area (Å²) in [6.07, 6.45) is 0. The Bertz CT molecular complexity index is 895. The molecule has 0 saturated carbocycles. The number of methoxy groups -OCH3 is 2. The summed E-state index contributed by atoms with van der Waals surface area (Å²) in [5, 5.41) is 9.53. The topological polar surface area (TPSA) is 84.0 Å². The molecule has 0 aromatic heterocycles. The molecule has 1 amide bonds. The molecule has 0 aliphatic rings. The molecule has 31 heavy (non-hydrogen) atoms. The predicted molar refractivity (Wildman–Crippen MR) is 136 cm³/mol. The van der Waals surface area contributed by atoms with Gasteiger partial charge < -0.3 is 25.4 Å². The van der Waals surface area contributed by atoms with Crippen LogP contribution >= 0.6 is 24.0 Å². The van der Waals surface area contributed by atoms with Crippen molar-refractivity contribution in [2.75, 3.05) is 21.3 Å². The molecule has 3 N–H and O–H groups in total. The van der Waals surface area contributed by atoms with Crippen LogP contribution in [-0.4, -0.2) is 38.7 Å². The number of guanidine groups is 1. The second kappa shape index (κ2) is 12.4. The fraction of sp³-hybridized carbons (Fsp3) is 0.391. The summed E-state index contributed by atoms with van der Waals surface area (Å²) in [4.78, 5) is 16.6. The first-order valence-electron chi connectivity index (χ1n) is 9.82. The molecular weight excluding hydrogens is 507 g/mol. The highest BCUT2D eigenvalue weighted by molar-refractivity contribution is 14.0. The van der Waals surface area contributed by atoms with Gasteiger partial charge in [0.25, 0.3) is 5.91 Å². The minimum Gasteiger partial charge on any atom is -0.497 e. The van der Waals surface area contributed by atoms with Crippen LogP contribution in [0.3, 0.4) is 0 Å². The number of nitrogens with one attached hydrogen (secondary N) is 3. The first kappa shape index (κ1) is 26.5. The predicted octanol–water partition coefficient (Wildman–Crippen LogP) is 3.72. The SMILES string of the molecule is CN=C(NCc1cccc(C(=O)NC(C)(C)C)c1)NCc1ccc(OC)cc1OC.I. The van der Waals surface area contributed by atoms with Gasteiger partial charge >= 0.3 is 0 Å². The maximum atomic E-state index is 12.4. The van der Waals surface area contributed by atoms with Gasteiger partial charge in [-0.25, -0.2) is 0 Å². The number of amides is 1. The molecule has 0 fully saturated rings. The smallest absolute Gasteiger partial charge is 0.251 e. The Labute approximate surface area is 202 Å². The average molecular weight is 540 g/mol. The normalized spacial score (nSPS) is 11.2. The van der Waals surface area contributed by atoms with Crippen molar-refractivity contribution in [2.24, 2.45) is 4.99 Å². The number of hydrogen-bond donors (Lipinski definition) is 3. The molecular formula is C23H33IN4O3. The minimum absolute atomic E-state index is 0. The van der Waals surface area contributed by atoms with Crippen molar-refractivity contribution in [2.45, 2.75) is 39.4 Å². The lowest BCUT2D eigenvalue weighted by Gasteiger charge is -2.20. The first-order valence-corrected chi connectivity index (χ1v) is 9.82. The lowest BCUT2D eigenvalue weighted by molar-refractivity contribution is 0.0919. The van der Waals surface area contributed by atoms with Gasteiger partial charge in [0.1, 0.15) is 11.5 Å². The van der Waals surface area contributed by atoms with Crippen LogP contribution in [0.15, 0.2) is 47.5 Å². The summed E-state index contributed by atoms with van der Waals surface area (Å²) in [6, 6.07) is 13.2. The summed E-state index contributed by atoms with van der Waals surface area (Å²) in [6.45, 7) is 6.97. The van der Waals surface area contributed by atoms with E-state index in [0.29, 0.717) is 24.6 Å². The van der Waals surface area contributed by atoms with Gasteiger partial charge in [0.05, 0.1) is 14.2 Å². The van der Waals surface area contributed by atoms with E-state index >= 15 is 0 Å². The van der Waals surface area contributed by atoms with Crippen LogP contribution < -0.4 is 25.4 Å². The number of nitrogens with zero attached hydrogens (tertiary/aromatic N) is 1. The number of carbonyl (C=O) groups is 1. The third-order valence-electron chi connectivity index (χ3n) is 4.30.